The van der Waals surface area contributed by atoms with Gasteiger partial charge >= 0.3 is 0 Å². The van der Waals surface area contributed by atoms with Gasteiger partial charge in [-0.1, -0.05) is 5.16 Å². The zero-order valence-corrected chi connectivity index (χ0v) is 15.2. The van der Waals surface area contributed by atoms with Crippen molar-refractivity contribution in [2.75, 3.05) is 14.2 Å². The highest BCUT2D eigenvalue weighted by atomic mass is 16.5. The van der Waals surface area contributed by atoms with Crippen LogP contribution in [0.2, 0.25) is 0 Å². The quantitative estimate of drug-likeness (QED) is 0.671. The van der Waals surface area contributed by atoms with Crippen molar-refractivity contribution < 1.29 is 13.7 Å². The molecule has 0 saturated carbocycles. The van der Waals surface area contributed by atoms with Crippen LogP contribution in [0, 0.1) is 13.8 Å². The Bertz CT molecular complexity index is 840. The molecule has 0 unspecified atom stereocenters. The van der Waals surface area contributed by atoms with Gasteiger partial charge in [0.25, 0.3) is 0 Å². The Morgan fingerprint density at radius 1 is 1.24 bits per heavy atom. The van der Waals surface area contributed by atoms with E-state index in [0.29, 0.717) is 12.4 Å². The molecule has 3 aromatic rings. The van der Waals surface area contributed by atoms with E-state index >= 15 is 0 Å². The number of nitrogens with zero attached hydrogens (tertiary/aromatic N) is 3. The summed E-state index contributed by atoms with van der Waals surface area (Å²) in [5, 5.41) is 4.01. The predicted octanol–water partition coefficient (Wildman–Crippen LogP) is 4.15. The smallest absolute Gasteiger partial charge is 0.226 e. The zero-order chi connectivity index (χ0) is 18.0. The van der Waals surface area contributed by atoms with Crippen LogP contribution in [0.4, 0.5) is 0 Å². The Hall–Kier alpha value is -2.60. The first kappa shape index (κ1) is 17.2. The van der Waals surface area contributed by atoms with Gasteiger partial charge in [0.05, 0.1) is 18.8 Å². The first-order chi connectivity index (χ1) is 12.0. The standard InChI is InChI=1S/C19H23N3O3/c1-12-10-15(6-7-18(12)23-5)19-20-17(14(3)25-19)11-22(4)13(2)16-8-9-24-21-16/h6-10,13H,11H2,1-5H3/t13-/m0/s1. The Balaban J connectivity index is 1.79. The summed E-state index contributed by atoms with van der Waals surface area (Å²) in [5.41, 5.74) is 3.81. The third kappa shape index (κ3) is 3.58. The molecule has 6 nitrogen and oxygen atoms in total. The van der Waals surface area contributed by atoms with Gasteiger partial charge in [-0.2, -0.15) is 0 Å². The molecular weight excluding hydrogens is 318 g/mol. The molecule has 0 amide bonds. The number of benzene rings is 1. The minimum absolute atomic E-state index is 0.126. The maximum Gasteiger partial charge on any atom is 0.226 e. The van der Waals surface area contributed by atoms with Gasteiger partial charge in [-0.3, -0.25) is 4.90 Å². The number of aryl methyl sites for hydroxylation is 2. The monoisotopic (exact) mass is 341 g/mol. The third-order valence-corrected chi connectivity index (χ3v) is 4.48. The van der Waals surface area contributed by atoms with Crippen molar-refractivity contribution in [2.24, 2.45) is 0 Å². The number of ether oxygens (including phenoxy) is 1. The molecule has 1 aromatic carbocycles. The summed E-state index contributed by atoms with van der Waals surface area (Å²) in [5.74, 6) is 2.30. The average Bonchev–Trinajstić information content (AvgIpc) is 3.24. The molecule has 0 aliphatic heterocycles. The van der Waals surface area contributed by atoms with Crippen molar-refractivity contribution in [2.45, 2.75) is 33.4 Å². The van der Waals surface area contributed by atoms with Crippen molar-refractivity contribution in [3.8, 4) is 17.2 Å². The molecule has 0 N–H and O–H groups in total. The molecule has 0 fully saturated rings. The topological polar surface area (TPSA) is 64.5 Å². The van der Waals surface area contributed by atoms with Gasteiger partial charge in [-0.15, -0.1) is 0 Å². The van der Waals surface area contributed by atoms with E-state index in [4.69, 9.17) is 13.7 Å². The van der Waals surface area contributed by atoms with Crippen molar-refractivity contribution in [3.63, 3.8) is 0 Å². The largest absolute Gasteiger partial charge is 0.496 e. The van der Waals surface area contributed by atoms with E-state index in [1.807, 2.05) is 45.2 Å². The summed E-state index contributed by atoms with van der Waals surface area (Å²) in [4.78, 5) is 6.85. The molecule has 6 heteroatoms. The number of hydrogen-bond acceptors (Lipinski definition) is 6. The molecule has 2 heterocycles. The van der Waals surface area contributed by atoms with Crippen LogP contribution in [0.3, 0.4) is 0 Å². The zero-order valence-electron chi connectivity index (χ0n) is 15.2. The van der Waals surface area contributed by atoms with Gasteiger partial charge in [0.1, 0.15) is 23.5 Å². The van der Waals surface area contributed by atoms with Crippen LogP contribution in [-0.4, -0.2) is 29.2 Å². The van der Waals surface area contributed by atoms with E-state index in [9.17, 15) is 0 Å². The van der Waals surface area contributed by atoms with Crippen LogP contribution >= 0.6 is 0 Å². The molecule has 0 saturated heterocycles. The van der Waals surface area contributed by atoms with Gasteiger partial charge in [0, 0.05) is 18.2 Å². The SMILES string of the molecule is COc1ccc(-c2nc(CN(C)[C@@H](C)c3ccon3)c(C)o2)cc1C. The highest BCUT2D eigenvalue weighted by Gasteiger charge is 2.19. The van der Waals surface area contributed by atoms with Crippen molar-refractivity contribution in [3.05, 3.63) is 53.2 Å². The normalized spacial score (nSPS) is 12.6. The molecule has 0 spiro atoms. The fourth-order valence-corrected chi connectivity index (χ4v) is 2.75. The fourth-order valence-electron chi connectivity index (χ4n) is 2.75. The highest BCUT2D eigenvalue weighted by Crippen LogP contribution is 2.28. The third-order valence-electron chi connectivity index (χ3n) is 4.48. The second-order valence-electron chi connectivity index (χ2n) is 6.22. The predicted molar refractivity (Wildman–Crippen MR) is 94.4 cm³/mol. The van der Waals surface area contributed by atoms with Gasteiger partial charge in [0.15, 0.2) is 0 Å². The maximum absolute atomic E-state index is 5.89. The van der Waals surface area contributed by atoms with Crippen LogP contribution in [-0.2, 0) is 6.54 Å². The molecule has 0 radical (unpaired) electrons. The highest BCUT2D eigenvalue weighted by molar-refractivity contribution is 5.57. The molecule has 3 rings (SSSR count). The van der Waals surface area contributed by atoms with Crippen molar-refractivity contribution >= 4 is 0 Å². The minimum Gasteiger partial charge on any atom is -0.496 e. The Morgan fingerprint density at radius 2 is 2.04 bits per heavy atom. The van der Waals surface area contributed by atoms with E-state index in [2.05, 4.69) is 22.0 Å². The second-order valence-corrected chi connectivity index (χ2v) is 6.22. The van der Waals surface area contributed by atoms with E-state index in [1.54, 1.807) is 13.4 Å². The summed E-state index contributed by atoms with van der Waals surface area (Å²) in [6, 6.07) is 7.92. The lowest BCUT2D eigenvalue weighted by atomic mass is 10.1. The first-order valence-corrected chi connectivity index (χ1v) is 8.21. The van der Waals surface area contributed by atoms with Crippen LogP contribution < -0.4 is 4.74 Å². The molecular formula is C19H23N3O3. The van der Waals surface area contributed by atoms with Crippen molar-refractivity contribution in [1.82, 2.24) is 15.0 Å². The first-order valence-electron chi connectivity index (χ1n) is 8.21. The molecule has 0 aliphatic carbocycles. The summed E-state index contributed by atoms with van der Waals surface area (Å²) in [6.07, 6.45) is 1.59. The lowest BCUT2D eigenvalue weighted by Crippen LogP contribution is -2.22. The lowest BCUT2D eigenvalue weighted by molar-refractivity contribution is 0.237. The van der Waals surface area contributed by atoms with Gasteiger partial charge < -0.3 is 13.7 Å². The molecule has 25 heavy (non-hydrogen) atoms. The van der Waals surface area contributed by atoms with E-state index < -0.39 is 0 Å². The number of oxazole rings is 1. The van der Waals surface area contributed by atoms with Crippen LogP contribution in [0.15, 0.2) is 39.5 Å². The summed E-state index contributed by atoms with van der Waals surface area (Å²) in [7, 11) is 3.70. The van der Waals surface area contributed by atoms with Gasteiger partial charge in [0.2, 0.25) is 5.89 Å². The number of hydrogen-bond donors (Lipinski definition) is 0. The van der Waals surface area contributed by atoms with Gasteiger partial charge in [-0.25, -0.2) is 4.98 Å². The fraction of sp³-hybridized carbons (Fsp3) is 0.368. The summed E-state index contributed by atoms with van der Waals surface area (Å²) < 4.78 is 16.1. The number of methoxy groups -OCH3 is 1. The molecule has 2 aromatic heterocycles. The van der Waals surface area contributed by atoms with Crippen LogP contribution in [0.5, 0.6) is 5.75 Å². The summed E-state index contributed by atoms with van der Waals surface area (Å²) >= 11 is 0. The minimum atomic E-state index is 0.126. The van der Waals surface area contributed by atoms with E-state index in [-0.39, 0.29) is 6.04 Å². The number of aromatic nitrogens is 2. The van der Waals surface area contributed by atoms with Crippen LogP contribution in [0.1, 0.15) is 35.7 Å². The lowest BCUT2D eigenvalue weighted by Gasteiger charge is -2.21. The Kier molecular flexibility index (Phi) is 4.90. The number of rotatable bonds is 6. The molecule has 1 atom stereocenters. The second kappa shape index (κ2) is 7.11. The van der Waals surface area contributed by atoms with E-state index in [1.165, 1.54) is 0 Å². The van der Waals surface area contributed by atoms with E-state index in [0.717, 1.165) is 34.0 Å². The molecule has 0 bridgehead atoms. The Labute approximate surface area is 147 Å². The molecule has 132 valence electrons. The van der Waals surface area contributed by atoms with Crippen molar-refractivity contribution in [1.29, 1.82) is 0 Å². The molecule has 0 aliphatic rings. The van der Waals surface area contributed by atoms with Gasteiger partial charge in [-0.05, 0) is 51.6 Å². The average molecular weight is 341 g/mol. The van der Waals surface area contributed by atoms with Crippen LogP contribution in [0.25, 0.3) is 11.5 Å². The Morgan fingerprint density at radius 3 is 2.68 bits per heavy atom. The maximum atomic E-state index is 5.89. The summed E-state index contributed by atoms with van der Waals surface area (Å²) in [6.45, 7) is 6.70.